The number of nitro groups is 1. The maximum Gasteiger partial charge on any atom is 0.435 e. The number of carbonyl (C=O) groups is 1. The van der Waals surface area contributed by atoms with E-state index in [-0.39, 0.29) is 9.64 Å². The number of nitrogens with zero attached hydrogens (tertiary/aromatic N) is 1. The van der Waals surface area contributed by atoms with Gasteiger partial charge in [-0.05, 0) is 52.4 Å². The molecular weight excluding hydrogens is 631 g/mol. The van der Waals surface area contributed by atoms with E-state index in [1.54, 1.807) is 22.6 Å². The van der Waals surface area contributed by atoms with Crippen molar-refractivity contribution in [2.75, 3.05) is 0 Å². The van der Waals surface area contributed by atoms with Crippen molar-refractivity contribution < 1.29 is 53.6 Å². The number of halogens is 12. The molecule has 0 atom stereocenters. The Hall–Kier alpha value is -2.17. The number of hydrogen-bond donors (Lipinski definition) is 0. The second-order valence-corrected chi connectivity index (χ2v) is 8.23. The van der Waals surface area contributed by atoms with Crippen molar-refractivity contribution in [3.63, 3.8) is 0 Å². The summed E-state index contributed by atoms with van der Waals surface area (Å²) in [4.78, 5) is 22.5. The molecule has 0 radical (unpaired) electrons. The summed E-state index contributed by atoms with van der Waals surface area (Å²) in [5.74, 6) is -1.22. The van der Waals surface area contributed by atoms with Crippen LogP contribution in [0.3, 0.4) is 0 Å². The molecule has 4 nitrogen and oxygen atoms in total. The van der Waals surface area contributed by atoms with Crippen LogP contribution in [0.4, 0.5) is 49.6 Å². The van der Waals surface area contributed by atoms with Gasteiger partial charge in [0.05, 0.1) is 14.1 Å². The van der Waals surface area contributed by atoms with E-state index in [0.29, 0.717) is 0 Å². The average Bonchev–Trinajstić information content (AvgIpc) is 2.65. The van der Waals surface area contributed by atoms with Gasteiger partial charge in [0, 0.05) is 28.6 Å². The van der Waals surface area contributed by atoms with Crippen LogP contribution in [0.15, 0.2) is 30.3 Å². The van der Waals surface area contributed by atoms with Gasteiger partial charge in [0.2, 0.25) is 0 Å². The van der Waals surface area contributed by atoms with E-state index in [1.807, 2.05) is 0 Å². The van der Waals surface area contributed by atoms with E-state index >= 15 is 0 Å². The highest BCUT2D eigenvalue weighted by atomic mass is 127. The first-order chi connectivity index (χ1) is 15.2. The van der Waals surface area contributed by atoms with Crippen molar-refractivity contribution >= 4 is 45.7 Å². The van der Waals surface area contributed by atoms with Gasteiger partial charge < -0.3 is 0 Å². The second-order valence-electron chi connectivity index (χ2n) is 6.66. The minimum atomic E-state index is -6.70. The Morgan fingerprint density at radius 1 is 0.941 bits per heavy atom. The molecule has 2 rings (SSSR count). The molecule has 0 aliphatic heterocycles. The van der Waals surface area contributed by atoms with E-state index in [0.717, 1.165) is 18.2 Å². The topological polar surface area (TPSA) is 60.2 Å². The molecule has 0 aliphatic carbocycles. The lowest BCUT2D eigenvalue weighted by atomic mass is 9.89. The molecule has 0 unspecified atom stereocenters. The number of rotatable bonds is 5. The lowest BCUT2D eigenvalue weighted by molar-refractivity contribution is -0.385. The molecule has 34 heavy (non-hydrogen) atoms. The minimum absolute atomic E-state index is 0.0658. The van der Waals surface area contributed by atoms with Gasteiger partial charge in [0.15, 0.2) is 5.78 Å². The largest absolute Gasteiger partial charge is 0.435 e. The number of carbonyl (C=O) groups excluding carboxylic acids is 1. The molecule has 0 aliphatic rings. The molecule has 0 saturated heterocycles. The number of nitro benzene ring substituents is 1. The van der Waals surface area contributed by atoms with E-state index in [1.165, 1.54) is 0 Å². The van der Waals surface area contributed by atoms with Gasteiger partial charge in [-0.15, -0.1) is 0 Å². The maximum absolute atomic E-state index is 14.3. The van der Waals surface area contributed by atoms with Crippen LogP contribution in [0.25, 0.3) is 0 Å². The summed E-state index contributed by atoms with van der Waals surface area (Å²) in [5, 5.41) is 9.59. The molecule has 2 aromatic carbocycles. The number of hydrogen-bond acceptors (Lipinski definition) is 3. The fraction of sp³-hybridized carbons (Fsp3) is 0.278. The molecule has 186 valence electrons. The summed E-state index contributed by atoms with van der Waals surface area (Å²) in [6, 6.07) is 1.81. The fourth-order valence-electron chi connectivity index (χ4n) is 2.84. The van der Waals surface area contributed by atoms with Crippen LogP contribution in [0.2, 0.25) is 5.02 Å². The van der Waals surface area contributed by atoms with Crippen molar-refractivity contribution in [3.8, 4) is 0 Å². The van der Waals surface area contributed by atoms with Gasteiger partial charge in [-0.3, -0.25) is 14.9 Å². The Morgan fingerprint density at radius 3 is 1.91 bits per heavy atom. The normalized spacial score (nSPS) is 13.2. The third kappa shape index (κ3) is 5.23. The van der Waals surface area contributed by atoms with Crippen LogP contribution < -0.4 is 0 Å². The molecule has 16 heteroatoms. The van der Waals surface area contributed by atoms with Crippen LogP contribution in [0.1, 0.15) is 27.0 Å². The number of benzene rings is 2. The number of ketones is 1. The van der Waals surface area contributed by atoms with Crippen LogP contribution in [0, 0.1) is 13.7 Å². The summed E-state index contributed by atoms with van der Waals surface area (Å²) < 4.78 is 133. The van der Waals surface area contributed by atoms with E-state index in [9.17, 15) is 58.8 Å². The van der Waals surface area contributed by atoms with Gasteiger partial charge in [-0.25, -0.2) is 4.39 Å². The second kappa shape index (κ2) is 9.13. The highest BCUT2D eigenvalue weighted by molar-refractivity contribution is 14.1. The van der Waals surface area contributed by atoms with Crippen molar-refractivity contribution in [2.45, 2.75) is 30.6 Å². The minimum Gasteiger partial charge on any atom is -0.294 e. The summed E-state index contributed by atoms with van der Waals surface area (Å²) in [7, 11) is 0. The third-order valence-electron chi connectivity index (χ3n) is 4.48. The third-order valence-corrected chi connectivity index (χ3v) is 5.73. The lowest BCUT2D eigenvalue weighted by Gasteiger charge is -2.31. The van der Waals surface area contributed by atoms with Gasteiger partial charge in [0.1, 0.15) is 0 Å². The first-order valence-electron chi connectivity index (χ1n) is 8.41. The highest BCUT2D eigenvalue weighted by Crippen LogP contribution is 2.54. The first-order valence-corrected chi connectivity index (χ1v) is 9.87. The standard InChI is InChI=1S/C18H7ClF10INO3/c19-11-5-8(15(20,17(24,25)26)18(27,28)29)4-10(16(21,22)23)9(11)6-14(32)7-1-2-12(30)13(3-7)31(33)34/h1-5H,6H2. The summed E-state index contributed by atoms with van der Waals surface area (Å²) >= 11 is 7.06. The molecule has 0 amide bonds. The van der Waals surface area contributed by atoms with Gasteiger partial charge in [-0.2, -0.15) is 39.5 Å². The zero-order valence-electron chi connectivity index (χ0n) is 15.8. The zero-order valence-corrected chi connectivity index (χ0v) is 18.7. The first kappa shape index (κ1) is 28.1. The molecular formula is C18H7ClF10INO3. The summed E-state index contributed by atoms with van der Waals surface area (Å²) in [5.41, 5.74) is -13.2. The van der Waals surface area contributed by atoms with Crippen LogP contribution in [0.5, 0.6) is 0 Å². The van der Waals surface area contributed by atoms with Gasteiger partial charge in [-0.1, -0.05) is 11.6 Å². The number of Topliss-reactive ketones (excluding diaryl/α,β-unsaturated/α-hetero) is 1. The summed E-state index contributed by atoms with van der Waals surface area (Å²) in [6.07, 6.45) is -20.4. The van der Waals surface area contributed by atoms with Crippen LogP contribution in [-0.4, -0.2) is 23.1 Å². The zero-order chi connectivity index (χ0) is 26.4. The molecule has 0 bridgehead atoms. The Balaban J connectivity index is 2.69. The molecule has 0 fully saturated rings. The molecule has 0 saturated carbocycles. The maximum atomic E-state index is 14.3. The van der Waals surface area contributed by atoms with Crippen LogP contribution in [-0.2, 0) is 18.3 Å². The Morgan fingerprint density at radius 2 is 1.47 bits per heavy atom. The van der Waals surface area contributed by atoms with Gasteiger partial charge in [0.25, 0.3) is 5.69 Å². The van der Waals surface area contributed by atoms with Crippen LogP contribution >= 0.6 is 34.2 Å². The van der Waals surface area contributed by atoms with E-state index in [2.05, 4.69) is 0 Å². The number of alkyl halides is 10. The SMILES string of the molecule is O=C(Cc1c(Cl)cc(C(F)(C(F)(F)F)C(F)(F)F)cc1C(F)(F)F)c1ccc(I)c([N+](=O)[O-])c1. The van der Waals surface area contributed by atoms with Crippen molar-refractivity contribution in [2.24, 2.45) is 0 Å². The van der Waals surface area contributed by atoms with Crippen molar-refractivity contribution in [1.29, 1.82) is 0 Å². The Labute approximate surface area is 201 Å². The predicted molar refractivity (Wildman–Crippen MR) is 105 cm³/mol. The Bertz CT molecular complexity index is 1130. The monoisotopic (exact) mass is 637 g/mol. The fourth-order valence-corrected chi connectivity index (χ4v) is 3.66. The lowest BCUT2D eigenvalue weighted by Crippen LogP contribution is -2.50. The van der Waals surface area contributed by atoms with Crippen molar-refractivity contribution in [1.82, 2.24) is 0 Å². The van der Waals surface area contributed by atoms with E-state index in [4.69, 9.17) is 11.6 Å². The quantitative estimate of drug-likeness (QED) is 0.112. The molecule has 0 heterocycles. The molecule has 2 aromatic rings. The van der Waals surface area contributed by atoms with Crippen molar-refractivity contribution in [3.05, 3.63) is 71.3 Å². The highest BCUT2D eigenvalue weighted by Gasteiger charge is 2.73. The Kier molecular flexibility index (Phi) is 7.53. The molecule has 0 aromatic heterocycles. The smallest absolute Gasteiger partial charge is 0.294 e. The molecule has 0 N–H and O–H groups in total. The van der Waals surface area contributed by atoms with E-state index < -0.39 is 80.4 Å². The molecule has 0 spiro atoms. The average molecular weight is 638 g/mol. The predicted octanol–water partition coefficient (Wildman–Crippen LogP) is 7.59. The van der Waals surface area contributed by atoms with Gasteiger partial charge >= 0.3 is 24.2 Å². The summed E-state index contributed by atoms with van der Waals surface area (Å²) in [6.45, 7) is 0.